The molecule has 2 N–H and O–H groups in total. The molecular formula is C24H33N3O7. The summed E-state index contributed by atoms with van der Waals surface area (Å²) >= 11 is 0. The summed E-state index contributed by atoms with van der Waals surface area (Å²) in [4.78, 5) is 62.9. The third-order valence-electron chi connectivity index (χ3n) is 5.50. The van der Waals surface area contributed by atoms with Crippen molar-refractivity contribution in [2.24, 2.45) is 5.92 Å². The molecule has 2 rings (SSSR count). The van der Waals surface area contributed by atoms with Gasteiger partial charge >= 0.3 is 12.1 Å². The summed E-state index contributed by atoms with van der Waals surface area (Å²) in [5.74, 6) is -2.13. The van der Waals surface area contributed by atoms with Gasteiger partial charge in [-0.2, -0.15) is 0 Å². The SMILES string of the molecule is CC(=O)OCC(=O)[C@@H]1CCCN1C(=O)[C@@H](NC(=O)[C@H](C)NC(=O)OCc1ccccc1)C(C)C. The number of amides is 3. The van der Waals surface area contributed by atoms with Gasteiger partial charge in [0.15, 0.2) is 12.4 Å². The highest BCUT2D eigenvalue weighted by Gasteiger charge is 2.39. The van der Waals surface area contributed by atoms with E-state index in [1.54, 1.807) is 13.8 Å². The number of Topliss-reactive ketones (excluding diaryl/α,β-unsaturated/α-hetero) is 1. The van der Waals surface area contributed by atoms with Gasteiger partial charge in [-0.25, -0.2) is 4.79 Å². The molecule has 0 spiro atoms. The number of benzene rings is 1. The number of carbonyl (C=O) groups is 5. The summed E-state index contributed by atoms with van der Waals surface area (Å²) in [7, 11) is 0. The summed E-state index contributed by atoms with van der Waals surface area (Å²) in [6.45, 7) is 6.29. The lowest BCUT2D eigenvalue weighted by Crippen LogP contribution is -2.57. The Morgan fingerprint density at radius 1 is 1.03 bits per heavy atom. The number of hydrogen-bond acceptors (Lipinski definition) is 7. The highest BCUT2D eigenvalue weighted by atomic mass is 16.5. The monoisotopic (exact) mass is 475 g/mol. The molecule has 3 amide bonds. The van der Waals surface area contributed by atoms with Crippen molar-refractivity contribution in [2.75, 3.05) is 13.2 Å². The third kappa shape index (κ3) is 7.86. The third-order valence-corrected chi connectivity index (χ3v) is 5.50. The van der Waals surface area contributed by atoms with E-state index in [2.05, 4.69) is 10.6 Å². The van der Waals surface area contributed by atoms with E-state index in [0.717, 1.165) is 5.56 Å². The molecule has 0 radical (unpaired) electrons. The predicted octanol–water partition coefficient (Wildman–Crippen LogP) is 1.57. The number of likely N-dealkylation sites (tertiary alicyclic amines) is 1. The van der Waals surface area contributed by atoms with Crippen LogP contribution in [-0.2, 0) is 35.3 Å². The average Bonchev–Trinajstić information content (AvgIpc) is 3.29. The number of esters is 1. The molecule has 0 unspecified atom stereocenters. The van der Waals surface area contributed by atoms with Crippen molar-refractivity contribution in [3.05, 3.63) is 35.9 Å². The maximum Gasteiger partial charge on any atom is 0.408 e. The molecule has 0 aromatic heterocycles. The second-order valence-electron chi connectivity index (χ2n) is 8.59. The fourth-order valence-corrected chi connectivity index (χ4v) is 3.61. The molecule has 1 aliphatic heterocycles. The van der Waals surface area contributed by atoms with E-state index < -0.39 is 42.7 Å². The minimum Gasteiger partial charge on any atom is -0.458 e. The smallest absolute Gasteiger partial charge is 0.408 e. The minimum atomic E-state index is -0.947. The molecule has 1 aromatic carbocycles. The maximum atomic E-state index is 13.2. The lowest BCUT2D eigenvalue weighted by atomic mass is 10.0. The second-order valence-corrected chi connectivity index (χ2v) is 8.59. The minimum absolute atomic E-state index is 0.0613. The zero-order chi connectivity index (χ0) is 25.3. The van der Waals surface area contributed by atoms with Crippen LogP contribution in [-0.4, -0.2) is 65.8 Å². The summed E-state index contributed by atoms with van der Waals surface area (Å²) in [5.41, 5.74) is 0.809. The molecule has 0 saturated carbocycles. The van der Waals surface area contributed by atoms with Crippen molar-refractivity contribution >= 4 is 29.7 Å². The Labute approximate surface area is 199 Å². The standard InChI is InChI=1S/C24H33N3O7/c1-15(2)21(23(31)27-12-8-11-19(27)20(29)14-33-17(4)28)26-22(30)16(3)25-24(32)34-13-18-9-6-5-7-10-18/h5-7,9-10,15-16,19,21H,8,11-14H2,1-4H3,(H,25,32)(H,26,30)/t16-,19-,21-/m0/s1. The molecule has 10 heteroatoms. The Balaban J connectivity index is 1.93. The second kappa shape index (κ2) is 12.7. The first-order valence-corrected chi connectivity index (χ1v) is 11.3. The van der Waals surface area contributed by atoms with Gasteiger partial charge in [-0.15, -0.1) is 0 Å². The van der Waals surface area contributed by atoms with Crippen molar-refractivity contribution in [2.45, 2.75) is 65.3 Å². The normalized spacial score (nSPS) is 17.0. The Morgan fingerprint density at radius 2 is 1.71 bits per heavy atom. The van der Waals surface area contributed by atoms with Crippen LogP contribution in [0.15, 0.2) is 30.3 Å². The lowest BCUT2D eigenvalue weighted by molar-refractivity contribution is -0.149. The van der Waals surface area contributed by atoms with E-state index in [4.69, 9.17) is 9.47 Å². The number of rotatable bonds is 10. The van der Waals surface area contributed by atoms with Crippen LogP contribution in [0, 0.1) is 5.92 Å². The van der Waals surface area contributed by atoms with Crippen molar-refractivity contribution in [1.82, 2.24) is 15.5 Å². The van der Waals surface area contributed by atoms with E-state index in [-0.39, 0.29) is 24.2 Å². The highest BCUT2D eigenvalue weighted by molar-refractivity contribution is 5.95. The Hall–Kier alpha value is -3.43. The van der Waals surface area contributed by atoms with Gasteiger partial charge in [0.05, 0.1) is 6.04 Å². The Bertz CT molecular complexity index is 888. The number of ether oxygens (including phenoxy) is 2. The molecule has 0 aliphatic carbocycles. The van der Waals surface area contributed by atoms with E-state index in [9.17, 15) is 24.0 Å². The molecule has 1 heterocycles. The average molecular weight is 476 g/mol. The largest absolute Gasteiger partial charge is 0.458 e. The summed E-state index contributed by atoms with van der Waals surface area (Å²) in [5, 5.41) is 5.14. The zero-order valence-electron chi connectivity index (χ0n) is 20.0. The summed E-state index contributed by atoms with van der Waals surface area (Å²) in [6, 6.07) is 6.58. The molecule has 186 valence electrons. The molecule has 34 heavy (non-hydrogen) atoms. The van der Waals surface area contributed by atoms with Gasteiger partial charge in [0.25, 0.3) is 0 Å². The van der Waals surface area contributed by atoms with Gasteiger partial charge in [0.1, 0.15) is 18.7 Å². The summed E-state index contributed by atoms with van der Waals surface area (Å²) in [6.07, 6.45) is 0.344. The molecule has 1 fully saturated rings. The van der Waals surface area contributed by atoms with Crippen LogP contribution < -0.4 is 10.6 Å². The van der Waals surface area contributed by atoms with Crippen LogP contribution in [0.3, 0.4) is 0 Å². The molecule has 1 aliphatic rings. The van der Waals surface area contributed by atoms with E-state index in [1.807, 2.05) is 30.3 Å². The first kappa shape index (κ1) is 26.8. The first-order valence-electron chi connectivity index (χ1n) is 11.3. The van der Waals surface area contributed by atoms with Crippen molar-refractivity contribution in [3.8, 4) is 0 Å². The number of alkyl carbamates (subject to hydrolysis) is 1. The van der Waals surface area contributed by atoms with Gasteiger partial charge in [-0.1, -0.05) is 44.2 Å². The molecule has 1 saturated heterocycles. The number of nitrogens with one attached hydrogen (secondary N) is 2. The molecule has 0 bridgehead atoms. The van der Waals surface area contributed by atoms with Gasteiger partial charge in [-0.05, 0) is 31.2 Å². The predicted molar refractivity (Wildman–Crippen MR) is 122 cm³/mol. The van der Waals surface area contributed by atoms with E-state index in [0.29, 0.717) is 19.4 Å². The fourth-order valence-electron chi connectivity index (χ4n) is 3.61. The molecule has 3 atom stereocenters. The lowest BCUT2D eigenvalue weighted by Gasteiger charge is -2.31. The summed E-state index contributed by atoms with van der Waals surface area (Å²) < 4.78 is 9.92. The first-order chi connectivity index (χ1) is 16.1. The number of hydrogen-bond donors (Lipinski definition) is 2. The van der Waals surface area contributed by atoms with Crippen molar-refractivity contribution < 1.29 is 33.4 Å². The van der Waals surface area contributed by atoms with Gasteiger partial charge in [0, 0.05) is 13.5 Å². The molecule has 1 aromatic rings. The number of ketones is 1. The van der Waals surface area contributed by atoms with Crippen LogP contribution in [0.25, 0.3) is 0 Å². The number of nitrogens with zero attached hydrogens (tertiary/aromatic N) is 1. The van der Waals surface area contributed by atoms with Crippen molar-refractivity contribution in [1.29, 1.82) is 0 Å². The molecular weight excluding hydrogens is 442 g/mol. The van der Waals surface area contributed by atoms with Crippen molar-refractivity contribution in [3.63, 3.8) is 0 Å². The van der Waals surface area contributed by atoms with Crippen LogP contribution in [0.4, 0.5) is 4.79 Å². The highest BCUT2D eigenvalue weighted by Crippen LogP contribution is 2.21. The van der Waals surface area contributed by atoms with Crippen LogP contribution >= 0.6 is 0 Å². The van der Waals surface area contributed by atoms with Gasteiger partial charge < -0.3 is 25.0 Å². The van der Waals surface area contributed by atoms with Crippen LogP contribution in [0.2, 0.25) is 0 Å². The molecule has 10 nitrogen and oxygen atoms in total. The zero-order valence-corrected chi connectivity index (χ0v) is 20.0. The number of carbonyl (C=O) groups excluding carboxylic acids is 5. The van der Waals surface area contributed by atoms with Gasteiger partial charge in [-0.3, -0.25) is 19.2 Å². The van der Waals surface area contributed by atoms with Gasteiger partial charge in [0.2, 0.25) is 11.8 Å². The fraction of sp³-hybridized carbons (Fsp3) is 0.542. The quantitative estimate of drug-likeness (QED) is 0.491. The topological polar surface area (TPSA) is 131 Å². The van der Waals surface area contributed by atoms with Crippen LogP contribution in [0.1, 0.15) is 46.1 Å². The van der Waals surface area contributed by atoms with E-state index in [1.165, 1.54) is 18.7 Å². The Morgan fingerprint density at radius 3 is 2.32 bits per heavy atom. The van der Waals surface area contributed by atoms with E-state index >= 15 is 0 Å². The Kier molecular flexibility index (Phi) is 10.0. The maximum absolute atomic E-state index is 13.2. The van der Waals surface area contributed by atoms with Crippen LogP contribution in [0.5, 0.6) is 0 Å².